The molecule has 188 valence electrons. The van der Waals surface area contributed by atoms with Crippen molar-refractivity contribution in [1.82, 2.24) is 10.6 Å². The largest absolute Gasteiger partial charge is 0.458 e. The minimum atomic E-state index is -0.596. The number of amides is 1. The van der Waals surface area contributed by atoms with Crippen molar-refractivity contribution in [2.75, 3.05) is 6.61 Å². The molecule has 35 heavy (non-hydrogen) atoms. The van der Waals surface area contributed by atoms with Crippen molar-refractivity contribution in [2.24, 2.45) is 5.92 Å². The Morgan fingerprint density at radius 3 is 2.00 bits per heavy atom. The number of ether oxygens (including phenoxy) is 2. The molecule has 0 bridgehead atoms. The molecule has 2 N–H and O–H groups in total. The first kappa shape index (κ1) is 26.7. The van der Waals surface area contributed by atoms with Crippen LogP contribution in [0, 0.1) is 5.92 Å². The summed E-state index contributed by atoms with van der Waals surface area (Å²) in [6, 6.07) is 15.3. The maximum Gasteiger partial charge on any atom is 0.407 e. The van der Waals surface area contributed by atoms with Gasteiger partial charge >= 0.3 is 12.1 Å². The summed E-state index contributed by atoms with van der Waals surface area (Å²) in [6.07, 6.45) is 0.00777. The van der Waals surface area contributed by atoms with E-state index in [1.54, 1.807) is 6.92 Å². The zero-order valence-electron chi connectivity index (χ0n) is 21.4. The Bertz CT molecular complexity index is 1030. The maximum atomic E-state index is 12.7. The van der Waals surface area contributed by atoms with E-state index >= 15 is 0 Å². The second-order valence-corrected chi connectivity index (χ2v) is 10.9. The lowest BCUT2D eigenvalue weighted by Crippen LogP contribution is -2.51. The smallest absolute Gasteiger partial charge is 0.407 e. The van der Waals surface area contributed by atoms with Crippen molar-refractivity contribution < 1.29 is 19.1 Å². The third kappa shape index (κ3) is 7.04. The van der Waals surface area contributed by atoms with Gasteiger partial charge in [-0.3, -0.25) is 0 Å². The Kier molecular flexibility index (Phi) is 8.54. The fourth-order valence-corrected chi connectivity index (χ4v) is 4.44. The Hall–Kier alpha value is -2.93. The molecule has 0 saturated carbocycles. The fraction of sp³-hybridized carbons (Fsp3) is 0.464. The molecule has 2 atom stereocenters. The van der Waals surface area contributed by atoms with Gasteiger partial charge in [0.2, 0.25) is 0 Å². The molecule has 0 aliphatic heterocycles. The second kappa shape index (κ2) is 11.2. The molecule has 2 aromatic rings. The van der Waals surface area contributed by atoms with Crippen LogP contribution in [0.2, 0.25) is 0 Å². The Morgan fingerprint density at radius 2 is 1.49 bits per heavy atom. The summed E-state index contributed by atoms with van der Waals surface area (Å²) >= 11 is 5.49. The van der Waals surface area contributed by atoms with Crippen LogP contribution >= 0.6 is 12.2 Å². The summed E-state index contributed by atoms with van der Waals surface area (Å²) in [5.74, 6) is -0.119. The molecule has 0 aromatic heterocycles. The molecule has 0 radical (unpaired) electrons. The number of hydrogen-bond acceptors (Lipinski definition) is 5. The maximum absolute atomic E-state index is 12.7. The van der Waals surface area contributed by atoms with Crippen molar-refractivity contribution in [3.63, 3.8) is 0 Å². The zero-order chi connectivity index (χ0) is 25.8. The minimum absolute atomic E-state index is 0.0175. The number of thiocarbonyl (C=S) groups is 1. The summed E-state index contributed by atoms with van der Waals surface area (Å²) < 4.78 is 11.2. The van der Waals surface area contributed by atoms with Crippen molar-refractivity contribution in [1.29, 1.82) is 0 Å². The fourth-order valence-electron chi connectivity index (χ4n) is 4.24. The lowest BCUT2D eigenvalue weighted by molar-refractivity contribution is -0.157. The van der Waals surface area contributed by atoms with Gasteiger partial charge in [0.15, 0.2) is 0 Å². The van der Waals surface area contributed by atoms with Crippen LogP contribution in [-0.2, 0) is 14.3 Å². The molecular weight excluding hydrogens is 460 g/mol. The highest BCUT2D eigenvalue weighted by molar-refractivity contribution is 7.80. The SMILES string of the molecule is CC(C)C[C@H](NC(=S)[C@H](C)NC(=O)OCC1c2ccccc2-c2ccccc21)C(=O)OC(C)(C)C. The van der Waals surface area contributed by atoms with Crippen LogP contribution in [0.4, 0.5) is 4.79 Å². The molecule has 7 heteroatoms. The predicted molar refractivity (Wildman–Crippen MR) is 142 cm³/mol. The minimum Gasteiger partial charge on any atom is -0.458 e. The molecule has 1 amide bonds. The van der Waals surface area contributed by atoms with Crippen molar-refractivity contribution in [2.45, 2.75) is 71.6 Å². The number of nitrogens with one attached hydrogen (secondary N) is 2. The van der Waals surface area contributed by atoms with E-state index in [9.17, 15) is 9.59 Å². The van der Waals surface area contributed by atoms with Crippen molar-refractivity contribution >= 4 is 29.3 Å². The molecule has 0 spiro atoms. The lowest BCUT2D eigenvalue weighted by atomic mass is 9.98. The molecule has 0 heterocycles. The van der Waals surface area contributed by atoms with Gasteiger partial charge in [-0.05, 0) is 62.3 Å². The van der Waals surface area contributed by atoms with Crippen LogP contribution in [-0.4, -0.2) is 41.3 Å². The number of benzene rings is 2. The Balaban J connectivity index is 1.58. The predicted octanol–water partition coefficient (Wildman–Crippen LogP) is 5.59. The van der Waals surface area contributed by atoms with E-state index < -0.39 is 23.8 Å². The van der Waals surface area contributed by atoms with Gasteiger partial charge in [-0.25, -0.2) is 9.59 Å². The molecule has 0 fully saturated rings. The average Bonchev–Trinajstić information content (AvgIpc) is 3.09. The highest BCUT2D eigenvalue weighted by Crippen LogP contribution is 2.44. The first-order chi connectivity index (χ1) is 16.5. The van der Waals surface area contributed by atoms with Crippen LogP contribution in [0.25, 0.3) is 11.1 Å². The van der Waals surface area contributed by atoms with Gasteiger partial charge in [0.1, 0.15) is 18.2 Å². The second-order valence-electron chi connectivity index (χ2n) is 10.4. The zero-order valence-corrected chi connectivity index (χ0v) is 22.2. The van der Waals surface area contributed by atoms with E-state index in [1.807, 2.05) is 58.9 Å². The first-order valence-electron chi connectivity index (χ1n) is 12.1. The molecule has 0 unspecified atom stereocenters. The van der Waals surface area contributed by atoms with Crippen LogP contribution < -0.4 is 10.6 Å². The Morgan fingerprint density at radius 1 is 0.943 bits per heavy atom. The molecule has 1 aliphatic carbocycles. The van der Waals surface area contributed by atoms with Crippen molar-refractivity contribution in [3.05, 3.63) is 59.7 Å². The van der Waals surface area contributed by atoms with E-state index in [1.165, 1.54) is 11.1 Å². The monoisotopic (exact) mass is 496 g/mol. The number of alkyl carbamates (subject to hydrolysis) is 1. The number of rotatable bonds is 8. The van der Waals surface area contributed by atoms with Gasteiger partial charge in [0, 0.05) is 5.92 Å². The third-order valence-electron chi connectivity index (χ3n) is 5.79. The Labute approximate surface area is 213 Å². The van der Waals surface area contributed by atoms with E-state index in [0.717, 1.165) is 11.1 Å². The van der Waals surface area contributed by atoms with Gasteiger partial charge in [-0.1, -0.05) is 74.6 Å². The van der Waals surface area contributed by atoms with Gasteiger partial charge in [-0.15, -0.1) is 0 Å². The van der Waals surface area contributed by atoms with E-state index in [-0.39, 0.29) is 24.4 Å². The van der Waals surface area contributed by atoms with E-state index in [0.29, 0.717) is 11.4 Å². The molecule has 0 saturated heterocycles. The topological polar surface area (TPSA) is 76.7 Å². The van der Waals surface area contributed by atoms with Crippen LogP contribution in [0.15, 0.2) is 48.5 Å². The number of fused-ring (bicyclic) bond motifs is 3. The average molecular weight is 497 g/mol. The summed E-state index contributed by atoms with van der Waals surface area (Å²) in [5.41, 5.74) is 4.06. The molecule has 3 rings (SSSR count). The normalized spacial score (nSPS) is 14.5. The van der Waals surface area contributed by atoms with Crippen LogP contribution in [0.3, 0.4) is 0 Å². The number of esters is 1. The van der Waals surface area contributed by atoms with Gasteiger partial charge < -0.3 is 20.1 Å². The third-order valence-corrected chi connectivity index (χ3v) is 6.26. The van der Waals surface area contributed by atoms with E-state index in [2.05, 4.69) is 34.9 Å². The number of carbonyl (C=O) groups excluding carboxylic acids is 2. The summed E-state index contributed by atoms with van der Waals surface area (Å²) in [6.45, 7) is 11.5. The van der Waals surface area contributed by atoms with E-state index in [4.69, 9.17) is 21.7 Å². The van der Waals surface area contributed by atoms with Gasteiger partial charge in [0.25, 0.3) is 0 Å². The quantitative estimate of drug-likeness (QED) is 0.367. The highest BCUT2D eigenvalue weighted by Gasteiger charge is 2.30. The summed E-state index contributed by atoms with van der Waals surface area (Å²) in [7, 11) is 0. The van der Waals surface area contributed by atoms with Crippen molar-refractivity contribution in [3.8, 4) is 11.1 Å². The number of hydrogen-bond donors (Lipinski definition) is 2. The molecule has 2 aromatic carbocycles. The summed E-state index contributed by atoms with van der Waals surface area (Å²) in [5, 5.41) is 5.87. The summed E-state index contributed by atoms with van der Waals surface area (Å²) in [4.78, 5) is 25.6. The molecule has 1 aliphatic rings. The van der Waals surface area contributed by atoms with Gasteiger partial charge in [-0.2, -0.15) is 0 Å². The highest BCUT2D eigenvalue weighted by atomic mass is 32.1. The van der Waals surface area contributed by atoms with Crippen LogP contribution in [0.1, 0.15) is 65.0 Å². The first-order valence-corrected chi connectivity index (χ1v) is 12.5. The van der Waals surface area contributed by atoms with Gasteiger partial charge in [0.05, 0.1) is 11.0 Å². The molecular formula is C28H36N2O4S. The standard InChI is InChI=1S/C28H36N2O4S/c1-17(2)15-24(26(31)34-28(4,5)6)30-25(35)18(3)29-27(32)33-16-23-21-13-9-7-11-19(21)20-12-8-10-14-22(20)23/h7-14,17-18,23-24H,15-16H2,1-6H3,(H,29,32)(H,30,35)/t18-,24-/m0/s1. The van der Waals surface area contributed by atoms with Crippen LogP contribution in [0.5, 0.6) is 0 Å². The number of carbonyl (C=O) groups is 2. The molecule has 6 nitrogen and oxygen atoms in total. The lowest BCUT2D eigenvalue weighted by Gasteiger charge is -2.27.